The lowest BCUT2D eigenvalue weighted by atomic mass is 9.88. The maximum absolute atomic E-state index is 13.7. The van der Waals surface area contributed by atoms with Crippen molar-refractivity contribution in [2.75, 3.05) is 25.6 Å². The van der Waals surface area contributed by atoms with Gasteiger partial charge in [0.15, 0.2) is 6.20 Å². The number of allylic oxidation sites excluding steroid dienone is 2. The molecule has 0 saturated heterocycles. The van der Waals surface area contributed by atoms with E-state index in [4.69, 9.17) is 23.5 Å². The maximum Gasteiger partial charge on any atom is 0.338 e. The number of rotatable bonds is 16. The minimum Gasteiger partial charge on any atom is -0.494 e. The summed E-state index contributed by atoms with van der Waals surface area (Å²) in [5, 5.41) is 1.82. The molecule has 2 aliphatic heterocycles. The van der Waals surface area contributed by atoms with Crippen molar-refractivity contribution in [2.24, 2.45) is 0 Å². The third-order valence-corrected chi connectivity index (χ3v) is 14.1. The third-order valence-electron chi connectivity index (χ3n) is 13.3. The molecular formula is C60H55N2O8S+. The first-order valence-corrected chi connectivity index (χ1v) is 25.9. The van der Waals surface area contributed by atoms with E-state index in [1.807, 2.05) is 67.6 Å². The highest BCUT2D eigenvalue weighted by atomic mass is 32.2. The van der Waals surface area contributed by atoms with E-state index >= 15 is 0 Å². The quantitative estimate of drug-likeness (QED) is 0.0440. The third kappa shape index (κ3) is 9.26. The van der Waals surface area contributed by atoms with Crippen molar-refractivity contribution in [3.8, 4) is 45.4 Å². The summed E-state index contributed by atoms with van der Waals surface area (Å²) in [6.07, 6.45) is 7.05. The lowest BCUT2D eigenvalue weighted by Gasteiger charge is -2.23. The number of unbranched alkanes of at least 4 members (excludes halogenated alkanes) is 2. The van der Waals surface area contributed by atoms with Crippen LogP contribution in [0.4, 0.5) is 0 Å². The number of nitrogens with zero attached hydrogens (tertiary/aromatic N) is 2. The van der Waals surface area contributed by atoms with E-state index in [-0.39, 0.29) is 12.4 Å². The van der Waals surface area contributed by atoms with Crippen molar-refractivity contribution < 1.29 is 41.3 Å². The van der Waals surface area contributed by atoms with Gasteiger partial charge in [0, 0.05) is 56.9 Å². The molecule has 0 bridgehead atoms. The Labute approximate surface area is 414 Å². The molecule has 71 heavy (non-hydrogen) atoms. The smallest absolute Gasteiger partial charge is 0.338 e. The molecule has 0 fully saturated rings. The van der Waals surface area contributed by atoms with E-state index in [9.17, 15) is 13.2 Å². The van der Waals surface area contributed by atoms with E-state index in [1.165, 1.54) is 0 Å². The lowest BCUT2D eigenvalue weighted by Crippen LogP contribution is -2.37. The Kier molecular flexibility index (Phi) is 13.2. The fraction of sp³-hybridized carbons (Fsp3) is 0.200. The first kappa shape index (κ1) is 47.0. The second-order valence-electron chi connectivity index (χ2n) is 17.9. The molecule has 0 unspecified atom stereocenters. The molecule has 5 aromatic carbocycles. The Morgan fingerprint density at radius 3 is 2.14 bits per heavy atom. The summed E-state index contributed by atoms with van der Waals surface area (Å²) in [7, 11) is -4.01. The molecule has 10 rings (SSSR count). The lowest BCUT2D eigenvalue weighted by molar-refractivity contribution is -0.577. The molecule has 0 atom stereocenters. The van der Waals surface area contributed by atoms with Crippen LogP contribution in [0.2, 0.25) is 0 Å². The van der Waals surface area contributed by atoms with Gasteiger partial charge in [-0.05, 0) is 141 Å². The van der Waals surface area contributed by atoms with Crippen LogP contribution in [-0.4, -0.2) is 48.9 Å². The minimum atomic E-state index is -4.01. The molecule has 0 spiro atoms. The molecule has 11 heteroatoms. The van der Waals surface area contributed by atoms with Crippen molar-refractivity contribution in [1.82, 2.24) is 4.40 Å². The van der Waals surface area contributed by atoms with Crippen molar-refractivity contribution in [3.63, 3.8) is 0 Å². The van der Waals surface area contributed by atoms with Crippen LogP contribution in [0, 0.1) is 6.92 Å². The monoisotopic (exact) mass is 963 g/mol. The van der Waals surface area contributed by atoms with Gasteiger partial charge < -0.3 is 23.3 Å². The first-order valence-electron chi connectivity index (χ1n) is 24.2. The Bertz CT molecular complexity index is 3630. The zero-order valence-electron chi connectivity index (χ0n) is 40.3. The van der Waals surface area contributed by atoms with Crippen molar-refractivity contribution >= 4 is 44.0 Å². The Morgan fingerprint density at radius 2 is 1.39 bits per heavy atom. The van der Waals surface area contributed by atoms with Gasteiger partial charge in [-0.1, -0.05) is 67.9 Å². The van der Waals surface area contributed by atoms with Crippen LogP contribution in [0.3, 0.4) is 0 Å². The van der Waals surface area contributed by atoms with Gasteiger partial charge in [-0.25, -0.2) is 4.79 Å². The predicted octanol–water partition coefficient (Wildman–Crippen LogP) is 11.2. The first-order chi connectivity index (χ1) is 34.5. The fourth-order valence-electron chi connectivity index (χ4n) is 9.92. The second-order valence-corrected chi connectivity index (χ2v) is 19.4. The number of ether oxygens (including phenoxy) is 4. The Hall–Kier alpha value is -7.73. The van der Waals surface area contributed by atoms with E-state index in [0.717, 1.165) is 107 Å². The zero-order valence-corrected chi connectivity index (χ0v) is 41.1. The number of esters is 1. The molecule has 358 valence electrons. The van der Waals surface area contributed by atoms with Crippen LogP contribution in [0.1, 0.15) is 84.8 Å². The van der Waals surface area contributed by atoms with Crippen LogP contribution in [0.25, 0.3) is 50.3 Å². The van der Waals surface area contributed by atoms with Gasteiger partial charge in [-0.2, -0.15) is 13.0 Å². The maximum atomic E-state index is 13.7. The SMILES string of the molecule is CCCCOc1ccc(C2=C(C)c3cccc[n+]3/C2=c2/ccc3c(c2)Oc2cc(-c4c(-c5ccc(OCCCCS(=O)(=O)O)cc5)c(C)c5ccccn45)ccc2C=3c2ccccc2C(=O)OCC)cc1. The molecule has 2 aliphatic rings. The van der Waals surface area contributed by atoms with Crippen LogP contribution >= 0.6 is 0 Å². The van der Waals surface area contributed by atoms with Gasteiger partial charge in [0.05, 0.1) is 47.6 Å². The normalized spacial score (nSPS) is 13.7. The topological polar surface area (TPSA) is 117 Å². The zero-order chi connectivity index (χ0) is 49.2. The van der Waals surface area contributed by atoms with Crippen LogP contribution < -0.4 is 29.2 Å². The van der Waals surface area contributed by atoms with Crippen molar-refractivity contribution in [3.05, 3.63) is 202 Å². The number of hydrogen-bond donors (Lipinski definition) is 1. The molecule has 8 aromatic rings. The van der Waals surface area contributed by atoms with Gasteiger partial charge in [0.25, 0.3) is 10.1 Å². The molecule has 0 saturated carbocycles. The van der Waals surface area contributed by atoms with Gasteiger partial charge in [0.2, 0.25) is 11.4 Å². The highest BCUT2D eigenvalue weighted by Crippen LogP contribution is 2.44. The highest BCUT2D eigenvalue weighted by molar-refractivity contribution is 7.85. The van der Waals surface area contributed by atoms with Gasteiger partial charge in [-0.15, -0.1) is 0 Å². The van der Waals surface area contributed by atoms with E-state index in [0.29, 0.717) is 48.9 Å². The summed E-state index contributed by atoms with van der Waals surface area (Å²) in [5.74, 6) is 2.12. The van der Waals surface area contributed by atoms with Crippen molar-refractivity contribution in [1.29, 1.82) is 0 Å². The Balaban J connectivity index is 1.12. The molecule has 0 radical (unpaired) electrons. The van der Waals surface area contributed by atoms with Crippen LogP contribution in [-0.2, 0) is 14.9 Å². The summed E-state index contributed by atoms with van der Waals surface area (Å²) in [4.78, 5) is 13.7. The summed E-state index contributed by atoms with van der Waals surface area (Å²) in [6, 6.07) is 49.1. The second kappa shape index (κ2) is 19.9. The number of aryl methyl sites for hydroxylation is 1. The van der Waals surface area contributed by atoms with E-state index in [1.54, 1.807) is 0 Å². The van der Waals surface area contributed by atoms with Crippen molar-refractivity contribution in [2.45, 2.75) is 53.4 Å². The predicted molar refractivity (Wildman–Crippen MR) is 279 cm³/mol. The molecule has 0 amide bonds. The highest BCUT2D eigenvalue weighted by Gasteiger charge is 2.34. The van der Waals surface area contributed by atoms with Crippen LogP contribution in [0.15, 0.2) is 158 Å². The molecule has 3 aromatic heterocycles. The fourth-order valence-corrected chi connectivity index (χ4v) is 10.5. The Morgan fingerprint density at radius 1 is 0.690 bits per heavy atom. The largest absolute Gasteiger partial charge is 0.494 e. The standard InChI is InChI=1S/C60H54N2O8S/c1-5-7-34-68-45-26-20-41(21-27-45)55-39(3)51-18-10-12-32-61(51)58(55)43-24-30-49-53(37-43)70-54-38-44(25-31-50(54)57(49)47-16-8-9-17-48(47)60(63)67-6-2)59-56(40(4)52-19-11-13-33-62(52)59)42-22-28-46(29-23-42)69-35-14-15-36-71(64,65)66/h8-13,16-33,37-38H,5-7,14-15,34-36H2,1-4H3/p+1. The van der Waals surface area contributed by atoms with Crippen LogP contribution in [0.5, 0.6) is 23.0 Å². The number of benzene rings is 5. The summed E-state index contributed by atoms with van der Waals surface area (Å²) < 4.78 is 60.7. The number of pyridine rings is 2. The van der Waals surface area contributed by atoms with Gasteiger partial charge >= 0.3 is 5.97 Å². The average Bonchev–Trinajstić information content (AvgIpc) is 3.85. The van der Waals surface area contributed by atoms with E-state index in [2.05, 4.69) is 127 Å². The molecule has 10 nitrogen and oxygen atoms in total. The number of carbonyl (C=O) groups excluding carboxylic acids is 1. The number of fused-ring (bicyclic) bond motifs is 4. The summed E-state index contributed by atoms with van der Waals surface area (Å²) in [5.41, 5.74) is 14.5. The molecule has 0 aliphatic carbocycles. The van der Waals surface area contributed by atoms with E-state index < -0.39 is 16.1 Å². The number of hydrogen-bond acceptors (Lipinski definition) is 7. The van der Waals surface area contributed by atoms with Gasteiger partial charge in [-0.3, -0.25) is 4.55 Å². The molecule has 5 heterocycles. The summed E-state index contributed by atoms with van der Waals surface area (Å²) >= 11 is 0. The number of carbonyl (C=O) groups is 1. The minimum absolute atomic E-state index is 0.246. The number of aromatic nitrogens is 2. The average molecular weight is 964 g/mol. The summed E-state index contributed by atoms with van der Waals surface area (Å²) in [6.45, 7) is 9.54. The van der Waals surface area contributed by atoms with Gasteiger partial charge in [0.1, 0.15) is 23.0 Å². The molecule has 1 N–H and O–H groups in total. The molecular weight excluding hydrogens is 909 g/mol.